The molecule has 2 heterocycles. The van der Waals surface area contributed by atoms with E-state index in [9.17, 15) is 22.8 Å². The van der Waals surface area contributed by atoms with Gasteiger partial charge in [0.15, 0.2) is 5.82 Å². The number of anilines is 1. The van der Waals surface area contributed by atoms with Crippen molar-refractivity contribution >= 4 is 17.6 Å². The van der Waals surface area contributed by atoms with Crippen molar-refractivity contribution < 1.29 is 27.9 Å². The average Bonchev–Trinajstić information content (AvgIpc) is 3.50. The fourth-order valence-electron chi connectivity index (χ4n) is 3.78. The average molecular weight is 512 g/mol. The van der Waals surface area contributed by atoms with Gasteiger partial charge in [0.1, 0.15) is 11.4 Å². The molecule has 0 aliphatic carbocycles. The summed E-state index contributed by atoms with van der Waals surface area (Å²) in [4.78, 5) is 35.3. The van der Waals surface area contributed by atoms with Gasteiger partial charge in [-0.25, -0.2) is 9.97 Å². The summed E-state index contributed by atoms with van der Waals surface area (Å²) in [5, 5.41) is 11.6. The van der Waals surface area contributed by atoms with Crippen molar-refractivity contribution in [2.45, 2.75) is 38.9 Å². The van der Waals surface area contributed by atoms with Crippen molar-refractivity contribution in [2.24, 2.45) is 0 Å². The standard InChI is InChI=1S/C26H24F3N5O3/c1-15(2)34-14-31-22(17-6-8-18(9-7-17)26(27,28)29)23(34)24-30-13-20(33-24)25(37)32-19-10-3-16(4-11-19)5-12-21(35)36/h3-4,6-11,13-15H,5,12H2,1-2H3,(H,30,33)(H,32,37)(H,35,36). The van der Waals surface area contributed by atoms with Gasteiger partial charge in [-0.3, -0.25) is 9.59 Å². The number of carboxylic acids is 1. The van der Waals surface area contributed by atoms with Crippen LogP contribution in [0.4, 0.5) is 18.9 Å². The molecule has 0 saturated heterocycles. The van der Waals surface area contributed by atoms with E-state index >= 15 is 0 Å². The molecule has 11 heteroatoms. The first kappa shape index (κ1) is 25.7. The number of aromatic nitrogens is 4. The van der Waals surface area contributed by atoms with Crippen molar-refractivity contribution in [1.29, 1.82) is 0 Å². The van der Waals surface area contributed by atoms with E-state index in [1.54, 1.807) is 30.6 Å². The number of halogens is 3. The minimum Gasteiger partial charge on any atom is -0.481 e. The summed E-state index contributed by atoms with van der Waals surface area (Å²) in [6, 6.07) is 11.5. The zero-order valence-electron chi connectivity index (χ0n) is 20.0. The number of imidazole rings is 2. The Labute approximate surface area is 210 Å². The molecule has 0 saturated carbocycles. The van der Waals surface area contributed by atoms with Gasteiger partial charge < -0.3 is 20.0 Å². The van der Waals surface area contributed by atoms with Crippen LogP contribution in [0.15, 0.2) is 61.1 Å². The summed E-state index contributed by atoms with van der Waals surface area (Å²) in [5.74, 6) is -0.980. The predicted octanol–water partition coefficient (Wildman–Crippen LogP) is 5.81. The molecule has 0 unspecified atom stereocenters. The lowest BCUT2D eigenvalue weighted by Gasteiger charge is -2.12. The van der Waals surface area contributed by atoms with E-state index in [1.165, 1.54) is 18.3 Å². The van der Waals surface area contributed by atoms with Crippen LogP contribution >= 0.6 is 0 Å². The molecule has 192 valence electrons. The molecule has 0 radical (unpaired) electrons. The van der Waals surface area contributed by atoms with Gasteiger partial charge in [0, 0.05) is 23.7 Å². The first-order chi connectivity index (χ1) is 17.5. The van der Waals surface area contributed by atoms with Crippen LogP contribution in [0.1, 0.15) is 47.9 Å². The molecule has 0 aliphatic rings. The fourth-order valence-corrected chi connectivity index (χ4v) is 3.78. The fraction of sp³-hybridized carbons (Fsp3) is 0.231. The number of benzene rings is 2. The summed E-state index contributed by atoms with van der Waals surface area (Å²) in [5.41, 5.74) is 2.23. The van der Waals surface area contributed by atoms with Crippen molar-refractivity contribution in [3.63, 3.8) is 0 Å². The summed E-state index contributed by atoms with van der Waals surface area (Å²) in [7, 11) is 0. The Balaban J connectivity index is 1.57. The van der Waals surface area contributed by atoms with Crippen molar-refractivity contribution in [3.8, 4) is 22.8 Å². The maximum atomic E-state index is 13.0. The lowest BCUT2D eigenvalue weighted by molar-refractivity contribution is -0.138. The lowest BCUT2D eigenvalue weighted by Crippen LogP contribution is -2.12. The minimum atomic E-state index is -4.44. The molecule has 3 N–H and O–H groups in total. The first-order valence-electron chi connectivity index (χ1n) is 11.4. The van der Waals surface area contributed by atoms with Crippen molar-refractivity contribution in [3.05, 3.63) is 77.9 Å². The minimum absolute atomic E-state index is 0.0179. The number of hydrogen-bond donors (Lipinski definition) is 3. The molecule has 4 rings (SSSR count). The van der Waals surface area contributed by atoms with E-state index in [0.29, 0.717) is 34.9 Å². The first-order valence-corrected chi connectivity index (χ1v) is 11.4. The van der Waals surface area contributed by atoms with Crippen LogP contribution in [0, 0.1) is 0 Å². The Hall–Kier alpha value is -4.41. The zero-order chi connectivity index (χ0) is 26.7. The molecule has 37 heavy (non-hydrogen) atoms. The number of rotatable bonds is 8. The van der Waals surface area contributed by atoms with Crippen LogP contribution in [0.5, 0.6) is 0 Å². The highest BCUT2D eigenvalue weighted by molar-refractivity contribution is 6.03. The van der Waals surface area contributed by atoms with Gasteiger partial charge in [0.05, 0.1) is 23.8 Å². The van der Waals surface area contributed by atoms with Crippen LogP contribution < -0.4 is 5.32 Å². The van der Waals surface area contributed by atoms with Gasteiger partial charge in [0.2, 0.25) is 0 Å². The van der Waals surface area contributed by atoms with E-state index in [0.717, 1.165) is 17.7 Å². The van der Waals surface area contributed by atoms with E-state index in [4.69, 9.17) is 5.11 Å². The van der Waals surface area contributed by atoms with Crippen molar-refractivity contribution in [1.82, 2.24) is 19.5 Å². The predicted molar refractivity (Wildman–Crippen MR) is 131 cm³/mol. The highest BCUT2D eigenvalue weighted by Crippen LogP contribution is 2.34. The summed E-state index contributed by atoms with van der Waals surface area (Å²) in [6.07, 6.45) is -1.08. The monoisotopic (exact) mass is 511 g/mol. The van der Waals surface area contributed by atoms with Gasteiger partial charge in [-0.2, -0.15) is 13.2 Å². The zero-order valence-corrected chi connectivity index (χ0v) is 20.0. The number of hydrogen-bond acceptors (Lipinski definition) is 4. The molecule has 0 fully saturated rings. The molecule has 2 aromatic carbocycles. The SMILES string of the molecule is CC(C)n1cnc(-c2ccc(C(F)(F)F)cc2)c1-c1ncc(C(=O)Nc2ccc(CCC(=O)O)cc2)[nH]1. The Morgan fingerprint density at radius 1 is 1.05 bits per heavy atom. The largest absolute Gasteiger partial charge is 0.481 e. The third-order valence-corrected chi connectivity index (χ3v) is 5.72. The molecule has 0 spiro atoms. The van der Waals surface area contributed by atoms with Crippen LogP contribution in [0.25, 0.3) is 22.8 Å². The molecule has 1 amide bonds. The summed E-state index contributed by atoms with van der Waals surface area (Å²) < 4.78 is 40.8. The second-order valence-corrected chi connectivity index (χ2v) is 8.71. The van der Waals surface area contributed by atoms with Gasteiger partial charge >= 0.3 is 12.1 Å². The number of carboxylic acid groups (broad SMARTS) is 1. The Morgan fingerprint density at radius 2 is 1.73 bits per heavy atom. The topological polar surface area (TPSA) is 113 Å². The van der Waals surface area contributed by atoms with Gasteiger partial charge in [0.25, 0.3) is 5.91 Å². The van der Waals surface area contributed by atoms with Crippen LogP contribution in [0.2, 0.25) is 0 Å². The van der Waals surface area contributed by atoms with E-state index in [-0.39, 0.29) is 18.2 Å². The number of aromatic amines is 1. The van der Waals surface area contributed by atoms with Gasteiger partial charge in [-0.05, 0) is 50.1 Å². The number of H-pyrrole nitrogens is 1. The molecular weight excluding hydrogens is 487 g/mol. The van der Waals surface area contributed by atoms with Gasteiger partial charge in [-0.1, -0.05) is 24.3 Å². The number of carbonyl (C=O) groups is 2. The van der Waals surface area contributed by atoms with Crippen LogP contribution in [0.3, 0.4) is 0 Å². The molecule has 0 bridgehead atoms. The summed E-state index contributed by atoms with van der Waals surface area (Å²) in [6.45, 7) is 3.86. The molecule has 4 aromatic rings. The van der Waals surface area contributed by atoms with E-state index in [1.807, 2.05) is 18.4 Å². The molecule has 0 aliphatic heterocycles. The van der Waals surface area contributed by atoms with E-state index < -0.39 is 23.6 Å². The molecular formula is C26H24F3N5O3. The number of aliphatic carboxylic acids is 1. The quantitative estimate of drug-likeness (QED) is 0.276. The number of carbonyl (C=O) groups excluding carboxylic acids is 1. The highest BCUT2D eigenvalue weighted by Gasteiger charge is 2.30. The molecule has 2 aromatic heterocycles. The number of nitrogens with zero attached hydrogens (tertiary/aromatic N) is 3. The number of amides is 1. The number of aryl methyl sites for hydroxylation is 1. The number of alkyl halides is 3. The second-order valence-electron chi connectivity index (χ2n) is 8.71. The number of nitrogens with one attached hydrogen (secondary N) is 2. The molecule has 8 nitrogen and oxygen atoms in total. The van der Waals surface area contributed by atoms with Gasteiger partial charge in [-0.15, -0.1) is 0 Å². The summed E-state index contributed by atoms with van der Waals surface area (Å²) >= 11 is 0. The molecule has 0 atom stereocenters. The smallest absolute Gasteiger partial charge is 0.416 e. The van der Waals surface area contributed by atoms with Crippen LogP contribution in [-0.4, -0.2) is 36.5 Å². The Kier molecular flexibility index (Phi) is 7.14. The van der Waals surface area contributed by atoms with Crippen molar-refractivity contribution in [2.75, 3.05) is 5.32 Å². The third kappa shape index (κ3) is 5.88. The third-order valence-electron chi connectivity index (χ3n) is 5.72. The highest BCUT2D eigenvalue weighted by atomic mass is 19.4. The second kappa shape index (κ2) is 10.3. The maximum absolute atomic E-state index is 13.0. The lowest BCUT2D eigenvalue weighted by atomic mass is 10.1. The Bertz CT molecular complexity index is 1400. The Morgan fingerprint density at radius 3 is 2.32 bits per heavy atom. The van der Waals surface area contributed by atoms with Crippen LogP contribution in [-0.2, 0) is 17.4 Å². The maximum Gasteiger partial charge on any atom is 0.416 e. The van der Waals surface area contributed by atoms with E-state index in [2.05, 4.69) is 20.3 Å². The normalized spacial score (nSPS) is 11.6.